The Morgan fingerprint density at radius 2 is 0.405 bits per heavy atom. The molecule has 12 aromatic carbocycles. The number of rotatable bonds is 37. The summed E-state index contributed by atoms with van der Waals surface area (Å²) in [7, 11) is 4.02. The molecule has 0 aliphatic rings. The molecule has 0 spiro atoms. The van der Waals surface area contributed by atoms with Gasteiger partial charge < -0.3 is 123 Å². The number of methoxy groups -OCH3 is 3. The van der Waals surface area contributed by atoms with Crippen molar-refractivity contribution >= 4 is 139 Å². The largest absolute Gasteiger partial charge is 0.504 e. The van der Waals surface area contributed by atoms with Crippen LogP contribution in [0.5, 0.6) is 69.0 Å². The summed E-state index contributed by atoms with van der Waals surface area (Å²) in [5.41, 5.74) is 30.9. The van der Waals surface area contributed by atoms with Gasteiger partial charge in [-0.15, -0.1) is 0 Å². The first-order valence-electron chi connectivity index (χ1n) is 46.9. The van der Waals surface area contributed by atoms with E-state index in [1.807, 2.05) is 96.9 Å². The third kappa shape index (κ3) is 31.4. The van der Waals surface area contributed by atoms with Gasteiger partial charge in [-0.05, 0) is 343 Å². The first kappa shape index (κ1) is 113. The maximum atomic E-state index is 13.6. The van der Waals surface area contributed by atoms with Crippen LogP contribution in [0.3, 0.4) is 0 Å². The van der Waals surface area contributed by atoms with E-state index in [9.17, 15) is 67.7 Å². The molecular weight excluding hydrogens is 1900 g/mol. The van der Waals surface area contributed by atoms with E-state index < -0.39 is 46.9 Å². The highest BCUT2D eigenvalue weighted by molar-refractivity contribution is 6.15. The van der Waals surface area contributed by atoms with Gasteiger partial charge in [0.1, 0.15) is 23.0 Å². The number of nitrogens with one attached hydrogen (secondary N) is 8. The molecule has 8 amide bonds. The molecule has 36 nitrogen and oxygen atoms in total. The molecular formula is C112H124N12O24. The zero-order chi connectivity index (χ0) is 109. The minimum absolute atomic E-state index is 0.0293. The number of nitrogens with two attached hydrogens (primary N) is 4. The number of amides is 8. The molecule has 0 saturated carbocycles. The predicted octanol–water partition coefficient (Wildman–Crippen LogP) is 20.9. The van der Waals surface area contributed by atoms with Gasteiger partial charge in [-0.3, -0.25) is 57.5 Å². The Hall–Kier alpha value is -18.1. The topological polar surface area (TPSA) is 538 Å². The molecule has 0 heterocycles. The Morgan fingerprint density at radius 1 is 0.209 bits per heavy atom. The van der Waals surface area contributed by atoms with Gasteiger partial charge in [0.25, 0.3) is 47.3 Å². The number of aromatic hydroxyl groups is 2. The Labute approximate surface area is 857 Å². The SMILES string of the molecule is CC(=O)c1ccc(NC(=O)c2ccc(NC(=O)c3ccc(N)cc3)c(OC(C)C)c2OC(C)C)c(OC(C)C)c1.COc1c(C(=O)Nc2ccc(C(C)=O)cc2OC(C)C)ccc(NC(=O)c2ccc(N)cc2)c1O.COc1c(C(=O)Nc2ccc(C(C)=O)cc2OC(C)C)ccc(NC(=O)c2ccc(N)cc2)c1OC(C)C.COc1c(NC(=O)c2ccc(N)cc2)ccc(C(=O)Nc2ccc(C(C)=O)cc2OC(C)C)c1O. The van der Waals surface area contributed by atoms with Crippen molar-refractivity contribution in [3.05, 3.63) is 285 Å². The van der Waals surface area contributed by atoms with Gasteiger partial charge in [-0.25, -0.2) is 0 Å². The second-order valence-corrected chi connectivity index (χ2v) is 35.3. The lowest BCUT2D eigenvalue weighted by Gasteiger charge is -2.23. The zero-order valence-electron chi connectivity index (χ0n) is 86.0. The third-order valence-electron chi connectivity index (χ3n) is 20.8. The quantitative estimate of drug-likeness (QED) is 0.00977. The van der Waals surface area contributed by atoms with Gasteiger partial charge in [0.15, 0.2) is 69.1 Å². The molecule has 0 aromatic heterocycles. The van der Waals surface area contributed by atoms with Gasteiger partial charge in [0.05, 0.1) is 132 Å². The predicted molar refractivity (Wildman–Crippen MR) is 572 cm³/mol. The number of carbonyl (C=O) groups is 12. The number of anilines is 12. The molecule has 0 aliphatic heterocycles. The van der Waals surface area contributed by atoms with Crippen molar-refractivity contribution in [2.45, 2.75) is 167 Å². The van der Waals surface area contributed by atoms with Crippen molar-refractivity contribution in [1.29, 1.82) is 0 Å². The molecule has 12 aromatic rings. The fraction of sp³-hybridized carbons (Fsp3) is 0.250. The number of hydrogen-bond acceptors (Lipinski definition) is 28. The Bertz CT molecular complexity index is 6880. The molecule has 776 valence electrons. The van der Waals surface area contributed by atoms with E-state index >= 15 is 0 Å². The van der Waals surface area contributed by atoms with Gasteiger partial charge >= 0.3 is 0 Å². The van der Waals surface area contributed by atoms with Crippen molar-refractivity contribution in [3.8, 4) is 69.0 Å². The minimum atomic E-state index is -0.638. The fourth-order valence-electron chi connectivity index (χ4n) is 13.9. The Kier molecular flexibility index (Phi) is 40.0. The van der Waals surface area contributed by atoms with E-state index in [2.05, 4.69) is 42.5 Å². The van der Waals surface area contributed by atoms with Crippen LogP contribution in [0.2, 0.25) is 0 Å². The van der Waals surface area contributed by atoms with Crippen LogP contribution in [-0.4, -0.2) is 145 Å². The summed E-state index contributed by atoms with van der Waals surface area (Å²) in [6, 6.07) is 56.6. The van der Waals surface area contributed by atoms with Crippen LogP contribution < -0.4 is 113 Å². The standard InChI is InChI=1S/C31H37N3O6.C29H33N3O6.2C26H27N3O6/c1-17(2)38-27-16-22(20(7)35)10-14-25(27)33-31(37)24-13-15-26(29(40-19(5)6)28(24)39-18(3)4)34-30(36)21-8-11-23(32)12-9-21;1-16(2)37-25-15-20(18(5)33)9-13-23(25)31-29(35)22-12-14-24(27(26(22)36-6)38-17(3)4)32-28(34)19-7-10-21(30)11-8-19;1-14(2)35-22-13-17(15(3)30)7-11-20(22)28-26(33)19-10-12-21(23(31)24(19)34-4)29-25(32)16-5-8-18(27)9-6-16;1-14(2)35-22-13-17(15(3)30)7-11-20(22)28-26(33)19-10-12-21(24(34-4)23(19)31)29-25(32)16-5-8-18(27)9-6-16/h8-19H,32H2,1-7H3,(H,33,37)(H,34,36);7-17H,30H2,1-6H3,(H,31,35)(H,32,34);2*5-14,31H,27H2,1-4H3,(H,28,33)(H,29,32). The molecule has 18 N–H and O–H groups in total. The Balaban J connectivity index is 0.000000220. The molecule has 0 bridgehead atoms. The van der Waals surface area contributed by atoms with Gasteiger partial charge in [0.2, 0.25) is 0 Å². The smallest absolute Gasteiger partial charge is 0.259 e. The van der Waals surface area contributed by atoms with Gasteiger partial charge in [0, 0.05) is 67.3 Å². The molecule has 0 fully saturated rings. The van der Waals surface area contributed by atoms with Crippen LogP contribution in [0.4, 0.5) is 68.2 Å². The number of phenols is 2. The summed E-state index contributed by atoms with van der Waals surface area (Å²) < 4.78 is 57.5. The van der Waals surface area contributed by atoms with Crippen molar-refractivity contribution < 1.29 is 115 Å². The van der Waals surface area contributed by atoms with E-state index in [1.54, 1.807) is 188 Å². The number of carbonyl (C=O) groups excluding carboxylic acids is 12. The van der Waals surface area contributed by atoms with Crippen LogP contribution in [-0.2, 0) is 0 Å². The summed E-state index contributed by atoms with van der Waals surface area (Å²) in [4.78, 5) is 151. The minimum Gasteiger partial charge on any atom is -0.504 e. The molecule has 0 saturated heterocycles. The Morgan fingerprint density at radius 3 is 0.662 bits per heavy atom. The number of nitrogen functional groups attached to an aromatic ring is 4. The summed E-state index contributed by atoms with van der Waals surface area (Å²) in [5.74, 6) is -3.28. The van der Waals surface area contributed by atoms with Crippen molar-refractivity contribution in [3.63, 3.8) is 0 Å². The second-order valence-electron chi connectivity index (χ2n) is 35.3. The lowest BCUT2D eigenvalue weighted by Crippen LogP contribution is -2.20. The van der Waals surface area contributed by atoms with Crippen molar-refractivity contribution in [2.75, 3.05) is 86.8 Å². The molecule has 0 unspecified atom stereocenters. The van der Waals surface area contributed by atoms with Crippen LogP contribution >= 0.6 is 0 Å². The number of ether oxygens (including phenoxy) is 10. The van der Waals surface area contributed by atoms with Crippen LogP contribution in [0.25, 0.3) is 0 Å². The number of ketones is 4. The lowest BCUT2D eigenvalue weighted by atomic mass is 10.1. The fourth-order valence-corrected chi connectivity index (χ4v) is 13.9. The lowest BCUT2D eigenvalue weighted by molar-refractivity contribution is 0.100. The highest BCUT2D eigenvalue weighted by Crippen LogP contribution is 2.46. The second kappa shape index (κ2) is 52.2. The first-order chi connectivity index (χ1) is 70.0. The van der Waals surface area contributed by atoms with Gasteiger partial charge in [-0.2, -0.15) is 0 Å². The number of hydrogen-bond donors (Lipinski definition) is 14. The van der Waals surface area contributed by atoms with Crippen molar-refractivity contribution in [1.82, 2.24) is 0 Å². The number of phenolic OH excluding ortho intramolecular Hbond substituents is 2. The van der Waals surface area contributed by atoms with E-state index in [1.165, 1.54) is 79.4 Å². The maximum Gasteiger partial charge on any atom is 0.259 e. The summed E-state index contributed by atoms with van der Waals surface area (Å²) in [6.07, 6.45) is -1.64. The monoisotopic (exact) mass is 2020 g/mol. The van der Waals surface area contributed by atoms with Crippen molar-refractivity contribution in [2.24, 2.45) is 0 Å². The molecule has 148 heavy (non-hydrogen) atoms. The normalized spacial score (nSPS) is 10.7. The highest BCUT2D eigenvalue weighted by Gasteiger charge is 2.31. The van der Waals surface area contributed by atoms with E-state index in [4.69, 9.17) is 70.3 Å². The van der Waals surface area contributed by atoms with E-state index in [0.717, 1.165) is 0 Å². The summed E-state index contributed by atoms with van der Waals surface area (Å²) in [5, 5.41) is 43.5. The molecule has 12 rings (SSSR count). The average molecular weight is 2020 g/mol. The van der Waals surface area contributed by atoms with E-state index in [-0.39, 0.29) is 146 Å². The molecule has 0 atom stereocenters. The van der Waals surface area contributed by atoms with Crippen LogP contribution in [0, 0.1) is 0 Å². The summed E-state index contributed by atoms with van der Waals surface area (Å²) in [6.45, 7) is 31.5. The number of Topliss-reactive ketones (excluding diaryl/α,β-unsaturated/α-hetero) is 4. The maximum absolute atomic E-state index is 13.6. The number of benzene rings is 12. The molecule has 0 aliphatic carbocycles. The first-order valence-corrected chi connectivity index (χ1v) is 46.9. The highest BCUT2D eigenvalue weighted by atomic mass is 16.5. The summed E-state index contributed by atoms with van der Waals surface area (Å²) >= 11 is 0. The van der Waals surface area contributed by atoms with Gasteiger partial charge in [-0.1, -0.05) is 0 Å². The van der Waals surface area contributed by atoms with E-state index in [0.29, 0.717) is 124 Å². The van der Waals surface area contributed by atoms with Crippen LogP contribution in [0.15, 0.2) is 218 Å². The molecule has 0 radical (unpaired) electrons. The molecule has 36 heteroatoms. The average Bonchev–Trinajstić information content (AvgIpc) is 0.776. The zero-order valence-corrected chi connectivity index (χ0v) is 86.0. The third-order valence-corrected chi connectivity index (χ3v) is 20.8. The van der Waals surface area contributed by atoms with Crippen LogP contribution in [0.1, 0.15) is 249 Å².